The second-order valence-electron chi connectivity index (χ2n) is 7.80. The lowest BCUT2D eigenvalue weighted by Crippen LogP contribution is -2.23. The third-order valence-electron chi connectivity index (χ3n) is 5.05. The molecule has 0 aliphatic heterocycles. The monoisotopic (exact) mass is 530 g/mol. The van der Waals surface area contributed by atoms with E-state index >= 15 is 0 Å². The highest BCUT2D eigenvalue weighted by atomic mass is 32.2. The quantitative estimate of drug-likeness (QED) is 0.363. The molecule has 0 aromatic heterocycles. The van der Waals surface area contributed by atoms with Crippen LogP contribution in [-0.4, -0.2) is 14.3 Å². The Morgan fingerprint density at radius 1 is 0.750 bits per heavy atom. The van der Waals surface area contributed by atoms with Crippen molar-refractivity contribution in [3.8, 4) is 0 Å². The number of benzene rings is 3. The summed E-state index contributed by atoms with van der Waals surface area (Å²) in [5, 5.41) is 2.06. The van der Waals surface area contributed by atoms with Crippen LogP contribution in [-0.2, 0) is 40.1 Å². The Morgan fingerprint density at radius 3 is 1.83 bits per heavy atom. The SMILES string of the molecule is O=C(CCc1ccc(S(=O)(=O)NCc2ccccc2)cc1)Nc1cc(C(F)(F)F)cc(C(F)(F)F)c1. The first-order valence-electron chi connectivity index (χ1n) is 10.5. The first-order valence-corrected chi connectivity index (χ1v) is 11.9. The number of amides is 1. The van der Waals surface area contributed by atoms with Crippen molar-refractivity contribution in [2.45, 2.75) is 36.6 Å². The number of carbonyl (C=O) groups is 1. The Labute approximate surface area is 203 Å². The van der Waals surface area contributed by atoms with Gasteiger partial charge in [0.2, 0.25) is 15.9 Å². The molecule has 0 atom stereocenters. The minimum atomic E-state index is -5.03. The van der Waals surface area contributed by atoms with Crippen molar-refractivity contribution in [2.24, 2.45) is 0 Å². The van der Waals surface area contributed by atoms with Crippen molar-refractivity contribution in [3.05, 3.63) is 95.1 Å². The Morgan fingerprint density at radius 2 is 1.31 bits per heavy atom. The molecule has 36 heavy (non-hydrogen) atoms. The van der Waals surface area contributed by atoms with Gasteiger partial charge in [0.05, 0.1) is 16.0 Å². The molecule has 0 radical (unpaired) electrons. The highest BCUT2D eigenvalue weighted by Crippen LogP contribution is 2.37. The summed E-state index contributed by atoms with van der Waals surface area (Å²) in [7, 11) is -3.79. The molecule has 2 N–H and O–H groups in total. The van der Waals surface area contributed by atoms with Crippen molar-refractivity contribution in [2.75, 3.05) is 5.32 Å². The third-order valence-corrected chi connectivity index (χ3v) is 6.47. The molecule has 5 nitrogen and oxygen atoms in total. The Balaban J connectivity index is 1.61. The zero-order valence-corrected chi connectivity index (χ0v) is 19.3. The fourth-order valence-electron chi connectivity index (χ4n) is 3.20. The second-order valence-corrected chi connectivity index (χ2v) is 9.56. The second kappa shape index (κ2) is 10.7. The van der Waals surface area contributed by atoms with Gasteiger partial charge in [0.25, 0.3) is 0 Å². The van der Waals surface area contributed by atoms with E-state index in [2.05, 4.69) is 10.0 Å². The van der Waals surface area contributed by atoms with Gasteiger partial charge < -0.3 is 5.32 Å². The van der Waals surface area contributed by atoms with E-state index in [1.165, 1.54) is 24.3 Å². The molecule has 0 aliphatic carbocycles. The van der Waals surface area contributed by atoms with E-state index in [0.717, 1.165) is 5.56 Å². The molecule has 0 aliphatic rings. The maximum Gasteiger partial charge on any atom is 0.416 e. The number of aryl methyl sites for hydroxylation is 1. The van der Waals surface area contributed by atoms with Gasteiger partial charge in [-0.25, -0.2) is 13.1 Å². The highest BCUT2D eigenvalue weighted by Gasteiger charge is 2.37. The van der Waals surface area contributed by atoms with Crippen LogP contribution in [0.25, 0.3) is 0 Å². The maximum atomic E-state index is 13.0. The van der Waals surface area contributed by atoms with E-state index in [-0.39, 0.29) is 30.3 Å². The molecule has 12 heteroatoms. The van der Waals surface area contributed by atoms with E-state index in [9.17, 15) is 39.6 Å². The van der Waals surface area contributed by atoms with Crippen molar-refractivity contribution in [1.29, 1.82) is 0 Å². The number of hydrogen-bond acceptors (Lipinski definition) is 3. The zero-order chi connectivity index (χ0) is 26.6. The van der Waals surface area contributed by atoms with Gasteiger partial charge in [0.15, 0.2) is 0 Å². The van der Waals surface area contributed by atoms with Gasteiger partial charge in [0.1, 0.15) is 0 Å². The normalized spacial score (nSPS) is 12.4. The average Bonchev–Trinajstić information content (AvgIpc) is 2.81. The summed E-state index contributed by atoms with van der Waals surface area (Å²) >= 11 is 0. The van der Waals surface area contributed by atoms with Gasteiger partial charge in [-0.2, -0.15) is 26.3 Å². The average molecular weight is 530 g/mol. The lowest BCUT2D eigenvalue weighted by molar-refractivity contribution is -0.143. The largest absolute Gasteiger partial charge is 0.416 e. The summed E-state index contributed by atoms with van der Waals surface area (Å²) in [5.74, 6) is -0.802. The molecule has 0 fully saturated rings. The van der Waals surface area contributed by atoms with Crippen LogP contribution in [0.1, 0.15) is 28.7 Å². The minimum absolute atomic E-state index is 0.00437. The van der Waals surface area contributed by atoms with Gasteiger partial charge in [-0.1, -0.05) is 42.5 Å². The van der Waals surface area contributed by atoms with E-state index < -0.39 is 45.1 Å². The van der Waals surface area contributed by atoms with Crippen LogP contribution >= 0.6 is 0 Å². The minimum Gasteiger partial charge on any atom is -0.326 e. The van der Waals surface area contributed by atoms with Gasteiger partial charge >= 0.3 is 12.4 Å². The number of alkyl halides is 6. The van der Waals surface area contributed by atoms with Gasteiger partial charge in [-0.05, 0) is 47.9 Å². The fourth-order valence-corrected chi connectivity index (χ4v) is 4.22. The van der Waals surface area contributed by atoms with Gasteiger partial charge in [-0.3, -0.25) is 4.79 Å². The van der Waals surface area contributed by atoms with Crippen LogP contribution in [0.2, 0.25) is 0 Å². The number of carbonyl (C=O) groups excluding carboxylic acids is 1. The molecule has 1 amide bonds. The number of nitrogens with one attached hydrogen (secondary N) is 2. The summed E-state index contributed by atoms with van der Waals surface area (Å²) in [6.07, 6.45) is -10.2. The molecule has 0 bridgehead atoms. The molecule has 3 aromatic carbocycles. The number of hydrogen-bond donors (Lipinski definition) is 2. The van der Waals surface area contributed by atoms with E-state index in [1.54, 1.807) is 30.3 Å². The van der Waals surface area contributed by atoms with Crippen molar-refractivity contribution in [1.82, 2.24) is 4.72 Å². The Hall–Kier alpha value is -3.38. The number of sulfonamides is 1. The molecule has 0 unspecified atom stereocenters. The van der Waals surface area contributed by atoms with Gasteiger partial charge in [0, 0.05) is 18.7 Å². The van der Waals surface area contributed by atoms with Crippen molar-refractivity contribution >= 4 is 21.6 Å². The van der Waals surface area contributed by atoms with E-state index in [4.69, 9.17) is 0 Å². The van der Waals surface area contributed by atoms with E-state index in [0.29, 0.717) is 17.7 Å². The molecule has 3 rings (SSSR count). The maximum absolute atomic E-state index is 13.0. The first kappa shape index (κ1) is 27.2. The van der Waals surface area contributed by atoms with Crippen LogP contribution < -0.4 is 10.0 Å². The Bertz CT molecular complexity index is 1270. The summed E-state index contributed by atoms with van der Waals surface area (Å²) in [6, 6.07) is 15.3. The van der Waals surface area contributed by atoms with Crippen LogP contribution in [0.5, 0.6) is 0 Å². The fraction of sp³-hybridized carbons (Fsp3) is 0.208. The summed E-state index contributed by atoms with van der Waals surface area (Å²) in [4.78, 5) is 12.2. The molecular formula is C24H20F6N2O3S. The van der Waals surface area contributed by atoms with Crippen molar-refractivity contribution < 1.29 is 39.6 Å². The zero-order valence-electron chi connectivity index (χ0n) is 18.5. The highest BCUT2D eigenvalue weighted by molar-refractivity contribution is 7.89. The summed E-state index contributed by atoms with van der Waals surface area (Å²) in [6.45, 7) is 0.0939. The Kier molecular flexibility index (Phi) is 8.09. The predicted molar refractivity (Wildman–Crippen MR) is 120 cm³/mol. The third kappa shape index (κ3) is 7.56. The van der Waals surface area contributed by atoms with Gasteiger partial charge in [-0.15, -0.1) is 0 Å². The van der Waals surface area contributed by atoms with Crippen LogP contribution in [0.3, 0.4) is 0 Å². The summed E-state index contributed by atoms with van der Waals surface area (Å²) in [5.41, 5.74) is -2.39. The predicted octanol–water partition coefficient (Wildman–Crippen LogP) is 5.77. The van der Waals surface area contributed by atoms with Crippen LogP contribution in [0.4, 0.5) is 32.0 Å². The molecule has 0 saturated heterocycles. The first-order chi connectivity index (χ1) is 16.7. The molecule has 0 spiro atoms. The topological polar surface area (TPSA) is 75.3 Å². The lowest BCUT2D eigenvalue weighted by Gasteiger charge is -2.15. The summed E-state index contributed by atoms with van der Waals surface area (Å²) < 4.78 is 105. The molecule has 0 saturated carbocycles. The lowest BCUT2D eigenvalue weighted by atomic mass is 10.1. The number of rotatable bonds is 8. The standard InChI is InChI=1S/C24H20F6N2O3S/c25-23(26,27)18-12-19(24(28,29)30)14-20(13-18)32-22(33)11-8-16-6-9-21(10-7-16)36(34,35)31-15-17-4-2-1-3-5-17/h1-7,9-10,12-14,31H,8,11,15H2,(H,32,33). The number of halogens is 6. The smallest absolute Gasteiger partial charge is 0.326 e. The molecule has 192 valence electrons. The van der Waals surface area contributed by atoms with Crippen LogP contribution in [0, 0.1) is 0 Å². The van der Waals surface area contributed by atoms with Crippen molar-refractivity contribution in [3.63, 3.8) is 0 Å². The molecule has 3 aromatic rings. The number of anilines is 1. The molecule has 0 heterocycles. The van der Waals surface area contributed by atoms with Crippen LogP contribution in [0.15, 0.2) is 77.7 Å². The molecular weight excluding hydrogens is 510 g/mol. The van der Waals surface area contributed by atoms with E-state index in [1.807, 2.05) is 0 Å².